The van der Waals surface area contributed by atoms with Crippen LogP contribution in [0.2, 0.25) is 0 Å². The Morgan fingerprint density at radius 2 is 1.71 bits per heavy atom. The number of carbonyl (C=O) groups is 2. The van der Waals surface area contributed by atoms with Crippen LogP contribution in [0.4, 0.5) is 4.39 Å². The zero-order chi connectivity index (χ0) is 20.7. The van der Waals surface area contributed by atoms with Crippen molar-refractivity contribution in [1.29, 1.82) is 0 Å². The second kappa shape index (κ2) is 9.88. The van der Waals surface area contributed by atoms with E-state index in [1.54, 1.807) is 25.1 Å². The molecule has 2 amide bonds. The van der Waals surface area contributed by atoms with Gasteiger partial charge in [0.05, 0.1) is 0 Å². The molecule has 150 valence electrons. The van der Waals surface area contributed by atoms with E-state index < -0.39 is 17.8 Å². The van der Waals surface area contributed by atoms with Crippen molar-refractivity contribution in [3.8, 4) is 5.75 Å². The Morgan fingerprint density at radius 3 is 2.29 bits per heavy atom. The van der Waals surface area contributed by atoms with Crippen LogP contribution in [-0.2, 0) is 16.1 Å². The van der Waals surface area contributed by atoms with Crippen LogP contribution < -0.4 is 10.1 Å². The highest BCUT2D eigenvalue weighted by Crippen LogP contribution is 2.19. The number of rotatable bonds is 8. The smallest absolute Gasteiger partial charge is 0.261 e. The number of amides is 2. The minimum absolute atomic E-state index is 0.0181. The van der Waals surface area contributed by atoms with Crippen LogP contribution in [0, 0.1) is 5.82 Å². The summed E-state index contributed by atoms with van der Waals surface area (Å²) in [5.74, 6) is -0.176. The second-order valence-corrected chi connectivity index (χ2v) is 6.92. The van der Waals surface area contributed by atoms with Crippen molar-refractivity contribution in [2.45, 2.75) is 39.3 Å². The van der Waals surface area contributed by atoms with Gasteiger partial charge in [-0.2, -0.15) is 0 Å². The predicted molar refractivity (Wildman–Crippen MR) is 107 cm³/mol. The zero-order valence-electron chi connectivity index (χ0n) is 16.7. The van der Waals surface area contributed by atoms with E-state index >= 15 is 0 Å². The summed E-state index contributed by atoms with van der Waals surface area (Å²) in [6, 6.07) is 13.0. The molecule has 2 aromatic rings. The molecule has 0 aliphatic rings. The van der Waals surface area contributed by atoms with E-state index in [4.69, 9.17) is 4.74 Å². The molecule has 0 spiro atoms. The average molecular weight is 386 g/mol. The van der Waals surface area contributed by atoms with Crippen molar-refractivity contribution in [1.82, 2.24) is 10.2 Å². The Kier molecular flexibility index (Phi) is 7.55. The number of halogens is 1. The van der Waals surface area contributed by atoms with Crippen LogP contribution in [0.5, 0.6) is 5.75 Å². The Hall–Kier alpha value is -2.89. The number of benzene rings is 2. The molecule has 28 heavy (non-hydrogen) atoms. The molecular weight excluding hydrogens is 359 g/mol. The molecule has 0 saturated heterocycles. The summed E-state index contributed by atoms with van der Waals surface area (Å²) in [4.78, 5) is 26.2. The molecular formula is C22H27FN2O3. The maximum absolute atomic E-state index is 14.0. The summed E-state index contributed by atoms with van der Waals surface area (Å²) in [7, 11) is 1.50. The van der Waals surface area contributed by atoms with Crippen LogP contribution >= 0.6 is 0 Å². The van der Waals surface area contributed by atoms with Crippen LogP contribution in [0.15, 0.2) is 48.5 Å². The molecule has 2 aromatic carbocycles. The number of hydrogen-bond acceptors (Lipinski definition) is 3. The first-order valence-electron chi connectivity index (χ1n) is 9.30. The summed E-state index contributed by atoms with van der Waals surface area (Å²) in [5, 5.41) is 2.52. The van der Waals surface area contributed by atoms with Crippen molar-refractivity contribution in [2.75, 3.05) is 13.7 Å². The van der Waals surface area contributed by atoms with E-state index in [1.807, 2.05) is 24.3 Å². The van der Waals surface area contributed by atoms with Crippen LogP contribution in [-0.4, -0.2) is 36.4 Å². The summed E-state index contributed by atoms with van der Waals surface area (Å²) in [5.41, 5.74) is 1.51. The molecule has 1 N–H and O–H groups in total. The van der Waals surface area contributed by atoms with E-state index in [9.17, 15) is 14.0 Å². The highest BCUT2D eigenvalue weighted by atomic mass is 19.1. The molecule has 2 rings (SSSR count). The average Bonchev–Trinajstić information content (AvgIpc) is 2.70. The van der Waals surface area contributed by atoms with Crippen molar-refractivity contribution in [3.63, 3.8) is 0 Å². The Bertz CT molecular complexity index is 806. The van der Waals surface area contributed by atoms with Crippen molar-refractivity contribution >= 4 is 11.8 Å². The molecule has 0 heterocycles. The van der Waals surface area contributed by atoms with Gasteiger partial charge in [-0.1, -0.05) is 44.2 Å². The molecule has 0 unspecified atom stereocenters. The molecule has 0 aromatic heterocycles. The molecule has 0 saturated carbocycles. The van der Waals surface area contributed by atoms with Gasteiger partial charge in [0.25, 0.3) is 5.91 Å². The Balaban J connectivity index is 2.11. The van der Waals surface area contributed by atoms with E-state index in [2.05, 4.69) is 19.2 Å². The lowest BCUT2D eigenvalue weighted by Crippen LogP contribution is -2.48. The van der Waals surface area contributed by atoms with Gasteiger partial charge in [0, 0.05) is 19.2 Å². The summed E-state index contributed by atoms with van der Waals surface area (Å²) in [6.45, 7) is 5.54. The first-order chi connectivity index (χ1) is 13.3. The molecule has 0 aliphatic carbocycles. The van der Waals surface area contributed by atoms with Gasteiger partial charge in [-0.3, -0.25) is 9.59 Å². The highest BCUT2D eigenvalue weighted by molar-refractivity contribution is 5.87. The first-order valence-corrected chi connectivity index (χ1v) is 9.30. The number of likely N-dealkylation sites (N-methyl/N-ethyl adjacent to an activating group) is 1. The van der Waals surface area contributed by atoms with E-state index in [-0.39, 0.29) is 19.1 Å². The van der Waals surface area contributed by atoms with E-state index in [0.29, 0.717) is 17.2 Å². The summed E-state index contributed by atoms with van der Waals surface area (Å²) >= 11 is 0. The van der Waals surface area contributed by atoms with E-state index in [1.165, 1.54) is 23.6 Å². The largest absolute Gasteiger partial charge is 0.484 e. The second-order valence-electron chi connectivity index (χ2n) is 6.92. The summed E-state index contributed by atoms with van der Waals surface area (Å²) < 4.78 is 19.6. The third-order valence-electron chi connectivity index (χ3n) is 4.62. The first kappa shape index (κ1) is 21.4. The molecule has 0 radical (unpaired) electrons. The molecule has 5 nitrogen and oxygen atoms in total. The van der Waals surface area contributed by atoms with Crippen LogP contribution in [0.25, 0.3) is 0 Å². The predicted octanol–water partition coefficient (Wildman–Crippen LogP) is 3.49. The fourth-order valence-corrected chi connectivity index (χ4v) is 2.78. The van der Waals surface area contributed by atoms with Crippen LogP contribution in [0.3, 0.4) is 0 Å². The monoisotopic (exact) mass is 386 g/mol. The number of ether oxygens (including phenoxy) is 1. The quantitative estimate of drug-likeness (QED) is 0.756. The van der Waals surface area contributed by atoms with Crippen LogP contribution in [0.1, 0.15) is 37.8 Å². The fourth-order valence-electron chi connectivity index (χ4n) is 2.78. The molecule has 1 atom stereocenters. The minimum Gasteiger partial charge on any atom is -0.484 e. The third-order valence-corrected chi connectivity index (χ3v) is 4.62. The summed E-state index contributed by atoms with van der Waals surface area (Å²) in [6.07, 6.45) is 0. The Morgan fingerprint density at radius 1 is 1.07 bits per heavy atom. The normalized spacial score (nSPS) is 11.8. The molecule has 0 bridgehead atoms. The highest BCUT2D eigenvalue weighted by Gasteiger charge is 2.26. The maximum atomic E-state index is 14.0. The lowest BCUT2D eigenvalue weighted by atomic mass is 10.0. The van der Waals surface area contributed by atoms with Gasteiger partial charge in [0.1, 0.15) is 17.6 Å². The lowest BCUT2D eigenvalue weighted by molar-refractivity contribution is -0.142. The van der Waals surface area contributed by atoms with Gasteiger partial charge < -0.3 is 15.0 Å². The van der Waals surface area contributed by atoms with Gasteiger partial charge in [0.2, 0.25) is 5.91 Å². The number of carbonyl (C=O) groups excluding carboxylic acids is 2. The maximum Gasteiger partial charge on any atom is 0.261 e. The lowest BCUT2D eigenvalue weighted by Gasteiger charge is -2.28. The number of hydrogen-bond donors (Lipinski definition) is 1. The van der Waals surface area contributed by atoms with Gasteiger partial charge in [-0.15, -0.1) is 0 Å². The molecule has 0 fully saturated rings. The van der Waals surface area contributed by atoms with Crippen molar-refractivity contribution < 1.29 is 18.7 Å². The van der Waals surface area contributed by atoms with Gasteiger partial charge in [-0.05, 0) is 36.6 Å². The fraction of sp³-hybridized carbons (Fsp3) is 0.364. The van der Waals surface area contributed by atoms with Gasteiger partial charge in [0.15, 0.2) is 6.61 Å². The SMILES string of the molecule is CNC(=O)[C@H](C)N(Cc1ccccc1F)C(=O)COc1ccc(C(C)C)cc1. The molecule has 6 heteroatoms. The van der Waals surface area contributed by atoms with Crippen molar-refractivity contribution in [2.24, 2.45) is 0 Å². The van der Waals surface area contributed by atoms with Gasteiger partial charge >= 0.3 is 0 Å². The zero-order valence-corrected chi connectivity index (χ0v) is 16.7. The number of nitrogens with zero attached hydrogens (tertiary/aromatic N) is 1. The topological polar surface area (TPSA) is 58.6 Å². The van der Waals surface area contributed by atoms with E-state index in [0.717, 1.165) is 0 Å². The Labute approximate surface area is 165 Å². The van der Waals surface area contributed by atoms with Crippen molar-refractivity contribution in [3.05, 3.63) is 65.5 Å². The van der Waals surface area contributed by atoms with Gasteiger partial charge in [-0.25, -0.2) is 4.39 Å². The standard InChI is InChI=1S/C22H27FN2O3/c1-15(2)17-9-11-19(12-10-17)28-14-21(26)25(16(3)22(27)24-4)13-18-7-5-6-8-20(18)23/h5-12,15-16H,13-14H2,1-4H3,(H,24,27)/t16-/m0/s1. The number of nitrogens with one attached hydrogen (secondary N) is 1. The third kappa shape index (κ3) is 5.55. The molecule has 0 aliphatic heterocycles. The minimum atomic E-state index is -0.760.